The van der Waals surface area contributed by atoms with Crippen LogP contribution >= 0.6 is 45.2 Å². The van der Waals surface area contributed by atoms with Crippen molar-refractivity contribution >= 4 is 56.2 Å². The van der Waals surface area contributed by atoms with Crippen LogP contribution in [0, 0.1) is 7.14 Å². The predicted molar refractivity (Wildman–Crippen MR) is 69.6 cm³/mol. The fraction of sp³-hybridized carbons (Fsp3) is 0. The Labute approximate surface area is 106 Å². The summed E-state index contributed by atoms with van der Waals surface area (Å²) in [5, 5.41) is 10.3. The highest BCUT2D eigenvalue weighted by Crippen LogP contribution is 2.32. The molecule has 72 valence electrons. The average Bonchev–Trinajstić information content (AvgIpc) is 2.14. The summed E-state index contributed by atoms with van der Waals surface area (Å²) in [6, 6.07) is 4.64. The lowest BCUT2D eigenvalue weighted by atomic mass is 10.2. The Morgan fingerprint density at radius 2 is 1.93 bits per heavy atom. The molecule has 0 aliphatic rings. The van der Waals surface area contributed by atoms with Crippen molar-refractivity contribution in [2.75, 3.05) is 0 Å². The van der Waals surface area contributed by atoms with Gasteiger partial charge in [-0.1, -0.05) is 0 Å². The fourth-order valence-electron chi connectivity index (χ4n) is 1.15. The molecule has 1 aromatic heterocycles. The van der Waals surface area contributed by atoms with Crippen LogP contribution in [0.3, 0.4) is 0 Å². The van der Waals surface area contributed by atoms with Gasteiger partial charge in [0, 0.05) is 6.07 Å². The summed E-state index contributed by atoms with van der Waals surface area (Å²) in [5.41, 5.74) is 0.0343. The molecule has 0 amide bonds. The Bertz CT molecular complexity index is 560. The third-order valence-electron chi connectivity index (χ3n) is 1.79. The molecule has 0 unspecified atom stereocenters. The average molecular weight is 414 g/mol. The van der Waals surface area contributed by atoms with Gasteiger partial charge in [-0.05, 0) is 57.3 Å². The van der Waals surface area contributed by atoms with E-state index in [2.05, 4.69) is 22.6 Å². The van der Waals surface area contributed by atoms with Crippen LogP contribution in [0.1, 0.15) is 0 Å². The van der Waals surface area contributed by atoms with Crippen LogP contribution in [0.2, 0.25) is 0 Å². The topological polar surface area (TPSA) is 50.4 Å². The first-order chi connectivity index (χ1) is 6.59. The predicted octanol–water partition coefficient (Wildman–Crippen LogP) is 2.71. The van der Waals surface area contributed by atoms with Gasteiger partial charge in [0.1, 0.15) is 5.75 Å². The van der Waals surface area contributed by atoms with Crippen LogP contribution in [-0.4, -0.2) is 5.11 Å². The van der Waals surface area contributed by atoms with E-state index >= 15 is 0 Å². The molecular weight excluding hydrogens is 410 g/mol. The van der Waals surface area contributed by atoms with Crippen molar-refractivity contribution in [3.8, 4) is 5.75 Å². The highest BCUT2D eigenvalue weighted by atomic mass is 127. The zero-order valence-corrected chi connectivity index (χ0v) is 11.1. The Kier molecular flexibility index (Phi) is 2.69. The van der Waals surface area contributed by atoms with E-state index in [1.807, 2.05) is 22.6 Å². The summed E-state index contributed by atoms with van der Waals surface area (Å²) < 4.78 is 6.56. The van der Waals surface area contributed by atoms with E-state index in [-0.39, 0.29) is 5.75 Å². The molecule has 0 saturated carbocycles. The second-order valence-corrected chi connectivity index (χ2v) is 5.01. The minimum Gasteiger partial charge on any atom is -0.506 e. The SMILES string of the molecule is O=c1ccc2c(O)c(I)cc(I)c2o1. The van der Waals surface area contributed by atoms with E-state index in [0.29, 0.717) is 11.0 Å². The molecule has 1 aromatic carbocycles. The van der Waals surface area contributed by atoms with Gasteiger partial charge in [-0.15, -0.1) is 0 Å². The number of halogens is 2. The second kappa shape index (κ2) is 3.69. The molecule has 0 bridgehead atoms. The van der Waals surface area contributed by atoms with Gasteiger partial charge in [0.15, 0.2) is 5.58 Å². The largest absolute Gasteiger partial charge is 0.506 e. The maximum Gasteiger partial charge on any atom is 0.336 e. The van der Waals surface area contributed by atoms with Gasteiger partial charge < -0.3 is 9.52 Å². The third-order valence-corrected chi connectivity index (χ3v) is 3.41. The molecule has 0 fully saturated rings. The van der Waals surface area contributed by atoms with Crippen molar-refractivity contribution in [1.29, 1.82) is 0 Å². The molecule has 3 nitrogen and oxygen atoms in total. The van der Waals surface area contributed by atoms with Crippen molar-refractivity contribution in [2.24, 2.45) is 0 Å². The van der Waals surface area contributed by atoms with E-state index in [9.17, 15) is 9.90 Å². The molecular formula is C9H4I2O3. The number of hydrogen-bond acceptors (Lipinski definition) is 3. The van der Waals surface area contributed by atoms with Gasteiger partial charge in [-0.2, -0.15) is 0 Å². The van der Waals surface area contributed by atoms with E-state index in [0.717, 1.165) is 7.14 Å². The van der Waals surface area contributed by atoms with Gasteiger partial charge in [0.2, 0.25) is 0 Å². The van der Waals surface area contributed by atoms with Crippen LogP contribution in [0.25, 0.3) is 11.0 Å². The Balaban J connectivity index is 3.02. The monoisotopic (exact) mass is 414 g/mol. The molecule has 0 aliphatic heterocycles. The van der Waals surface area contributed by atoms with Gasteiger partial charge in [0.25, 0.3) is 0 Å². The molecule has 5 heteroatoms. The minimum atomic E-state index is -0.406. The van der Waals surface area contributed by atoms with Gasteiger partial charge in [-0.3, -0.25) is 0 Å². The molecule has 1 heterocycles. The molecule has 2 aromatic rings. The van der Waals surface area contributed by atoms with Crippen LogP contribution in [0.15, 0.2) is 27.4 Å². The zero-order valence-electron chi connectivity index (χ0n) is 6.75. The lowest BCUT2D eigenvalue weighted by Crippen LogP contribution is -1.96. The Morgan fingerprint density at radius 3 is 2.64 bits per heavy atom. The summed E-state index contributed by atoms with van der Waals surface area (Å²) in [5.74, 6) is 0.157. The summed E-state index contributed by atoms with van der Waals surface area (Å²) in [6.07, 6.45) is 0. The lowest BCUT2D eigenvalue weighted by Gasteiger charge is -2.03. The summed E-state index contributed by atoms with van der Waals surface area (Å²) in [7, 11) is 0. The van der Waals surface area contributed by atoms with Crippen LogP contribution in [-0.2, 0) is 0 Å². The number of phenolic OH excluding ortho intramolecular Hbond substituents is 1. The van der Waals surface area contributed by atoms with Crippen molar-refractivity contribution in [3.05, 3.63) is 35.8 Å². The van der Waals surface area contributed by atoms with E-state index in [4.69, 9.17) is 4.42 Å². The highest BCUT2D eigenvalue weighted by Gasteiger charge is 2.10. The number of aromatic hydroxyl groups is 1. The fourth-order valence-corrected chi connectivity index (χ4v) is 3.06. The zero-order chi connectivity index (χ0) is 10.3. The van der Waals surface area contributed by atoms with Crippen LogP contribution in [0.5, 0.6) is 5.75 Å². The standard InChI is InChI=1S/C9H4I2O3/c10-5-3-6(11)9-4(8(5)13)1-2-7(12)14-9/h1-3,13H. The highest BCUT2D eigenvalue weighted by molar-refractivity contribution is 14.1. The van der Waals surface area contributed by atoms with Crippen molar-refractivity contribution < 1.29 is 9.52 Å². The number of phenols is 1. The first-order valence-electron chi connectivity index (χ1n) is 3.70. The second-order valence-electron chi connectivity index (χ2n) is 2.69. The lowest BCUT2D eigenvalue weighted by molar-refractivity contribution is 0.475. The van der Waals surface area contributed by atoms with Crippen LogP contribution in [0.4, 0.5) is 0 Å². The van der Waals surface area contributed by atoms with Crippen LogP contribution < -0.4 is 5.63 Å². The van der Waals surface area contributed by atoms with E-state index < -0.39 is 5.63 Å². The van der Waals surface area contributed by atoms with Crippen molar-refractivity contribution in [2.45, 2.75) is 0 Å². The molecule has 0 radical (unpaired) electrons. The first kappa shape index (κ1) is 10.2. The maximum atomic E-state index is 11.0. The van der Waals surface area contributed by atoms with Gasteiger partial charge in [0.05, 0.1) is 12.5 Å². The Morgan fingerprint density at radius 1 is 1.21 bits per heavy atom. The van der Waals surface area contributed by atoms with E-state index in [1.165, 1.54) is 6.07 Å². The van der Waals surface area contributed by atoms with Crippen molar-refractivity contribution in [3.63, 3.8) is 0 Å². The number of hydrogen-bond donors (Lipinski definition) is 1. The summed E-state index contributed by atoms with van der Waals surface area (Å²) in [6.45, 7) is 0. The molecule has 0 saturated heterocycles. The maximum absolute atomic E-state index is 11.0. The molecule has 0 aliphatic carbocycles. The van der Waals surface area contributed by atoms with Gasteiger partial charge >= 0.3 is 5.63 Å². The quantitative estimate of drug-likeness (QED) is 0.533. The molecule has 0 atom stereocenters. The number of benzene rings is 1. The minimum absolute atomic E-state index is 0.157. The summed E-state index contributed by atoms with van der Waals surface area (Å²) in [4.78, 5) is 11.0. The normalized spacial score (nSPS) is 10.7. The smallest absolute Gasteiger partial charge is 0.336 e. The molecule has 2 rings (SSSR count). The van der Waals surface area contributed by atoms with E-state index in [1.54, 1.807) is 12.1 Å². The first-order valence-corrected chi connectivity index (χ1v) is 5.86. The third kappa shape index (κ3) is 1.62. The van der Waals surface area contributed by atoms with Crippen molar-refractivity contribution in [1.82, 2.24) is 0 Å². The molecule has 14 heavy (non-hydrogen) atoms. The molecule has 0 spiro atoms. The number of fused-ring (bicyclic) bond motifs is 1. The summed E-state index contributed by atoms with van der Waals surface area (Å²) >= 11 is 4.10. The van der Waals surface area contributed by atoms with Gasteiger partial charge in [-0.25, -0.2) is 4.79 Å². The Hall–Kier alpha value is -0.310. The number of rotatable bonds is 0. The molecule has 1 N–H and O–H groups in total.